The van der Waals surface area contributed by atoms with Crippen LogP contribution >= 0.6 is 0 Å². The van der Waals surface area contributed by atoms with E-state index in [2.05, 4.69) is 0 Å². The van der Waals surface area contributed by atoms with E-state index in [0.717, 1.165) is 24.3 Å². The molecule has 4 nitrogen and oxygen atoms in total. The van der Waals surface area contributed by atoms with Crippen molar-refractivity contribution in [2.75, 3.05) is 9.80 Å². The smallest absolute Gasteiger partial charge is 0.416 e. The fraction of sp³-hybridized carbons (Fsp3) is 0.0870. The summed E-state index contributed by atoms with van der Waals surface area (Å²) < 4.78 is 99.8. The van der Waals surface area contributed by atoms with E-state index in [4.69, 9.17) is 9.47 Å². The molecule has 2 aliphatic heterocycles. The van der Waals surface area contributed by atoms with Crippen molar-refractivity contribution in [3.8, 4) is 45.3 Å². The second kappa shape index (κ2) is 13.0. The maximum atomic E-state index is 14.5. The predicted octanol–water partition coefficient (Wildman–Crippen LogP) is 14.8. The van der Waals surface area contributed by atoms with Crippen molar-refractivity contribution in [2.45, 2.75) is 26.2 Å². The zero-order valence-electron chi connectivity index (χ0n) is 29.8. The fourth-order valence-corrected chi connectivity index (χ4v) is 7.54. The Balaban J connectivity index is 1.45. The highest BCUT2D eigenvalue weighted by Crippen LogP contribution is 2.58. The third-order valence-corrected chi connectivity index (χ3v) is 9.89. The molecule has 0 fully saturated rings. The van der Waals surface area contributed by atoms with E-state index in [9.17, 15) is 26.3 Å². The van der Waals surface area contributed by atoms with E-state index in [1.54, 1.807) is 62.4 Å². The largest absolute Gasteiger partial charge is 0.453 e. The Labute approximate surface area is 318 Å². The second-order valence-corrected chi connectivity index (χ2v) is 13.8. The lowest BCUT2D eigenvalue weighted by Crippen LogP contribution is -2.19. The normalized spacial score (nSPS) is 13.2. The van der Waals surface area contributed by atoms with Crippen molar-refractivity contribution in [1.29, 1.82) is 0 Å². The number of halogens is 6. The highest BCUT2D eigenvalue weighted by atomic mass is 19.4. The summed E-state index contributed by atoms with van der Waals surface area (Å²) in [5.74, 6) is 1.98. The van der Waals surface area contributed by atoms with Crippen LogP contribution in [0.4, 0.5) is 60.5 Å². The van der Waals surface area contributed by atoms with Crippen LogP contribution in [0.1, 0.15) is 22.3 Å². The topological polar surface area (TPSA) is 24.9 Å². The molecule has 9 rings (SSSR count). The Morgan fingerprint density at radius 2 is 0.679 bits per heavy atom. The average molecular weight is 757 g/mol. The van der Waals surface area contributed by atoms with Crippen molar-refractivity contribution >= 4 is 34.1 Å². The minimum absolute atomic E-state index is 0.261. The molecule has 0 radical (unpaired) electrons. The number of hydrogen-bond donors (Lipinski definition) is 0. The van der Waals surface area contributed by atoms with Gasteiger partial charge in [0.2, 0.25) is 0 Å². The lowest BCUT2D eigenvalue weighted by Gasteiger charge is -2.37. The molecule has 0 unspecified atom stereocenters. The van der Waals surface area contributed by atoms with Gasteiger partial charge in [0.1, 0.15) is 0 Å². The first-order valence-electron chi connectivity index (χ1n) is 17.7. The molecule has 0 saturated carbocycles. The molecule has 7 aromatic rings. The molecular weight excluding hydrogens is 727 g/mol. The van der Waals surface area contributed by atoms with Gasteiger partial charge >= 0.3 is 12.4 Å². The third-order valence-electron chi connectivity index (χ3n) is 9.89. The molecule has 0 amide bonds. The Morgan fingerprint density at radius 1 is 0.375 bits per heavy atom. The molecule has 0 aromatic heterocycles. The van der Waals surface area contributed by atoms with E-state index >= 15 is 0 Å². The monoisotopic (exact) mass is 756 g/mol. The number of anilines is 6. The molecule has 2 aliphatic rings. The highest BCUT2D eigenvalue weighted by molar-refractivity contribution is 6.01. The molecule has 0 atom stereocenters. The number of alkyl halides is 6. The number of para-hydroxylation sites is 8. The van der Waals surface area contributed by atoms with Crippen molar-refractivity contribution in [2.24, 2.45) is 0 Å². The molecule has 10 heteroatoms. The number of fused-ring (bicyclic) bond motifs is 4. The molecule has 56 heavy (non-hydrogen) atoms. The maximum Gasteiger partial charge on any atom is 0.416 e. The van der Waals surface area contributed by atoms with E-state index < -0.39 is 23.5 Å². The average Bonchev–Trinajstić information content (AvgIpc) is 3.17. The van der Waals surface area contributed by atoms with Crippen LogP contribution in [0.25, 0.3) is 22.3 Å². The van der Waals surface area contributed by atoms with Crippen molar-refractivity contribution in [1.82, 2.24) is 0 Å². The summed E-state index contributed by atoms with van der Waals surface area (Å²) in [6.07, 6.45) is -9.31. The number of rotatable bonds is 4. The molecule has 278 valence electrons. The lowest BCUT2D eigenvalue weighted by molar-refractivity contribution is -0.138. The SMILES string of the molecule is Cc1cc(-c2cc(N3c4ccccc4Oc4ccccc43)c(-c3cc(C)cc(C(F)(F)F)c3)cc2N2c3ccccc3Oc3ccccc32)cc(C(F)(F)F)c1. The molecular formula is C46H30F6N2O2. The summed E-state index contributed by atoms with van der Waals surface area (Å²) in [6, 6.07) is 40.4. The Bertz CT molecular complexity index is 2410. The zero-order chi connectivity index (χ0) is 38.9. The van der Waals surface area contributed by atoms with Crippen molar-refractivity contribution in [3.63, 3.8) is 0 Å². The van der Waals surface area contributed by atoms with Crippen LogP contribution in [0, 0.1) is 13.8 Å². The quantitative estimate of drug-likeness (QED) is 0.167. The number of benzene rings is 7. The zero-order valence-corrected chi connectivity index (χ0v) is 29.8. The van der Waals surface area contributed by atoms with E-state index in [-0.39, 0.29) is 11.1 Å². The Hall–Kier alpha value is -6.68. The minimum atomic E-state index is -4.65. The number of aryl methyl sites for hydroxylation is 2. The Morgan fingerprint density at radius 3 is 0.982 bits per heavy atom. The standard InChI is InChI=1S/C46H30F6N2O2/c1-27-19-29(23-31(21-27)45(47,48)49)33-25-40(54-37-13-5-9-17-43(37)56-44-18-10-6-14-38(44)54)34(30-20-28(2)22-32(24-30)46(50,51)52)26-39(33)53-35-11-3-7-15-41(35)55-42-16-8-4-12-36(42)53/h3-26H,1-2H3. The molecule has 0 saturated heterocycles. The molecule has 0 N–H and O–H groups in total. The predicted molar refractivity (Wildman–Crippen MR) is 206 cm³/mol. The van der Waals surface area contributed by atoms with E-state index in [0.29, 0.717) is 79.4 Å². The lowest BCUT2D eigenvalue weighted by atomic mass is 9.91. The van der Waals surface area contributed by atoms with Gasteiger partial charge in [0.15, 0.2) is 23.0 Å². The van der Waals surface area contributed by atoms with Crippen LogP contribution in [-0.4, -0.2) is 0 Å². The van der Waals surface area contributed by atoms with Gasteiger partial charge in [-0.3, -0.25) is 0 Å². The highest BCUT2D eigenvalue weighted by Gasteiger charge is 2.36. The Kier molecular flexibility index (Phi) is 8.12. The summed E-state index contributed by atoms with van der Waals surface area (Å²) in [5, 5.41) is 0. The number of hydrogen-bond acceptors (Lipinski definition) is 4. The third kappa shape index (κ3) is 6.07. The van der Waals surface area contributed by atoms with Crippen LogP contribution in [-0.2, 0) is 12.4 Å². The first-order chi connectivity index (χ1) is 26.8. The van der Waals surface area contributed by atoms with Crippen LogP contribution < -0.4 is 19.3 Å². The molecule has 0 spiro atoms. The first kappa shape index (κ1) is 35.0. The van der Waals surface area contributed by atoms with Gasteiger partial charge in [-0.05, 0) is 121 Å². The molecule has 0 bridgehead atoms. The summed E-state index contributed by atoms with van der Waals surface area (Å²) in [6.45, 7) is 3.21. The van der Waals surface area contributed by atoms with Gasteiger partial charge in [0, 0.05) is 11.1 Å². The summed E-state index contributed by atoms with van der Waals surface area (Å²) in [7, 11) is 0. The van der Waals surface area contributed by atoms with Crippen molar-refractivity contribution in [3.05, 3.63) is 168 Å². The number of ether oxygens (including phenoxy) is 2. The van der Waals surface area contributed by atoms with E-state index in [1.807, 2.05) is 82.6 Å². The van der Waals surface area contributed by atoms with Gasteiger partial charge in [0.05, 0.1) is 45.3 Å². The second-order valence-electron chi connectivity index (χ2n) is 13.8. The fourth-order valence-electron chi connectivity index (χ4n) is 7.54. The van der Waals surface area contributed by atoms with Gasteiger partial charge in [-0.1, -0.05) is 60.7 Å². The van der Waals surface area contributed by atoms with E-state index in [1.165, 1.54) is 0 Å². The van der Waals surface area contributed by atoms with Crippen molar-refractivity contribution < 1.29 is 35.8 Å². The number of nitrogens with zero attached hydrogens (tertiary/aromatic N) is 2. The molecule has 2 heterocycles. The van der Waals surface area contributed by atoms with Gasteiger partial charge in [0.25, 0.3) is 0 Å². The maximum absolute atomic E-state index is 14.5. The van der Waals surface area contributed by atoms with Crippen LogP contribution in [0.2, 0.25) is 0 Å². The van der Waals surface area contributed by atoms with Crippen LogP contribution in [0.3, 0.4) is 0 Å². The molecule has 0 aliphatic carbocycles. The minimum Gasteiger partial charge on any atom is -0.453 e. The summed E-state index contributed by atoms with van der Waals surface area (Å²) >= 11 is 0. The van der Waals surface area contributed by atoms with Crippen LogP contribution in [0.15, 0.2) is 146 Å². The van der Waals surface area contributed by atoms with Crippen LogP contribution in [0.5, 0.6) is 23.0 Å². The summed E-state index contributed by atoms with van der Waals surface area (Å²) in [5.41, 5.74) is 3.64. The summed E-state index contributed by atoms with van der Waals surface area (Å²) in [4.78, 5) is 3.79. The first-order valence-corrected chi connectivity index (χ1v) is 17.7. The van der Waals surface area contributed by atoms with Gasteiger partial charge in [-0.2, -0.15) is 26.3 Å². The molecule has 7 aromatic carbocycles. The van der Waals surface area contributed by atoms with Gasteiger partial charge in [-0.15, -0.1) is 0 Å². The van der Waals surface area contributed by atoms with Gasteiger partial charge in [-0.25, -0.2) is 0 Å². The van der Waals surface area contributed by atoms with Gasteiger partial charge < -0.3 is 19.3 Å².